The van der Waals surface area contributed by atoms with Crippen molar-refractivity contribution in [3.05, 3.63) is 40.3 Å². The minimum absolute atomic E-state index is 0.265. The van der Waals surface area contributed by atoms with Gasteiger partial charge in [0, 0.05) is 16.0 Å². The summed E-state index contributed by atoms with van der Waals surface area (Å²) < 4.78 is 21.7. The first-order chi connectivity index (χ1) is 10.5. The first-order valence-electron chi connectivity index (χ1n) is 6.39. The van der Waals surface area contributed by atoms with Crippen LogP contribution in [-0.2, 0) is 11.1 Å². The zero-order valence-electron chi connectivity index (χ0n) is 11.8. The van der Waals surface area contributed by atoms with Gasteiger partial charge in [0.05, 0.1) is 21.3 Å². The molecule has 2 aromatic heterocycles. The van der Waals surface area contributed by atoms with Crippen LogP contribution in [0.5, 0.6) is 0 Å². The van der Waals surface area contributed by atoms with Crippen LogP contribution in [-0.4, -0.2) is 18.7 Å². The second-order valence-corrected chi connectivity index (χ2v) is 7.57. The van der Waals surface area contributed by atoms with Crippen molar-refractivity contribution in [1.29, 1.82) is 0 Å². The minimum Gasteiger partial charge on any atom is -0.768 e. The van der Waals surface area contributed by atoms with Gasteiger partial charge in [0.1, 0.15) is 0 Å². The number of aromatic nitrogens is 2. The molecule has 0 aliphatic heterocycles. The number of hydrogen-bond acceptors (Lipinski definition) is 7. The highest BCUT2D eigenvalue weighted by Gasteiger charge is 2.11. The Morgan fingerprint density at radius 2 is 1.91 bits per heavy atom. The largest absolute Gasteiger partial charge is 0.768 e. The van der Waals surface area contributed by atoms with E-state index in [1.807, 2.05) is 19.2 Å². The van der Waals surface area contributed by atoms with Crippen LogP contribution in [0.15, 0.2) is 34.5 Å². The van der Waals surface area contributed by atoms with Crippen LogP contribution in [0.2, 0.25) is 0 Å². The number of hydrogen-bond donors (Lipinski definition) is 1. The van der Waals surface area contributed by atoms with Gasteiger partial charge in [-0.3, -0.25) is 4.21 Å². The molecule has 1 atom stereocenters. The summed E-state index contributed by atoms with van der Waals surface area (Å²) in [4.78, 5) is 10.3. The van der Waals surface area contributed by atoms with Crippen molar-refractivity contribution >= 4 is 44.6 Å². The number of anilines is 2. The van der Waals surface area contributed by atoms with Gasteiger partial charge in [-0.2, -0.15) is 0 Å². The molecule has 1 unspecified atom stereocenters. The molecule has 0 fully saturated rings. The Hall–Kier alpha value is -1.61. The lowest BCUT2D eigenvalue weighted by Crippen LogP contribution is -1.92. The Bertz CT molecular complexity index is 824. The Kier molecular flexibility index (Phi) is 4.34. The average Bonchev–Trinajstić information content (AvgIpc) is 3.06. The summed E-state index contributed by atoms with van der Waals surface area (Å²) in [6.07, 6.45) is 0. The SMILES string of the molecule is Cc1nc(C)c(-c2csc(Nc3ccc(S(=O)[O-])cc3)n2)s1. The normalized spacial score (nSPS) is 12.3. The predicted molar refractivity (Wildman–Crippen MR) is 89.6 cm³/mol. The van der Waals surface area contributed by atoms with E-state index in [1.54, 1.807) is 35.6 Å². The van der Waals surface area contributed by atoms with Crippen LogP contribution in [0.3, 0.4) is 0 Å². The molecule has 2 heterocycles. The third-order valence-electron chi connectivity index (χ3n) is 2.94. The summed E-state index contributed by atoms with van der Waals surface area (Å²) in [6, 6.07) is 6.54. The topological polar surface area (TPSA) is 77.9 Å². The molecule has 0 aliphatic rings. The molecule has 5 nitrogen and oxygen atoms in total. The Morgan fingerprint density at radius 3 is 2.50 bits per heavy atom. The molecule has 1 N–H and O–H groups in total. The van der Waals surface area contributed by atoms with Crippen LogP contribution in [0.1, 0.15) is 10.7 Å². The van der Waals surface area contributed by atoms with E-state index >= 15 is 0 Å². The molecule has 0 amide bonds. The van der Waals surface area contributed by atoms with E-state index in [2.05, 4.69) is 15.3 Å². The number of nitrogens with one attached hydrogen (secondary N) is 1. The van der Waals surface area contributed by atoms with Crippen molar-refractivity contribution in [2.45, 2.75) is 18.7 Å². The Morgan fingerprint density at radius 1 is 1.18 bits per heavy atom. The first kappa shape index (κ1) is 15.3. The highest BCUT2D eigenvalue weighted by Crippen LogP contribution is 2.33. The fourth-order valence-electron chi connectivity index (χ4n) is 1.98. The van der Waals surface area contributed by atoms with Crippen molar-refractivity contribution in [1.82, 2.24) is 9.97 Å². The molecule has 0 bridgehead atoms. The number of nitrogens with zero attached hydrogens (tertiary/aromatic N) is 2. The van der Waals surface area contributed by atoms with Gasteiger partial charge in [-0.1, -0.05) is 0 Å². The highest BCUT2D eigenvalue weighted by atomic mass is 32.2. The molecule has 114 valence electrons. The van der Waals surface area contributed by atoms with Gasteiger partial charge < -0.3 is 9.87 Å². The standard InChI is InChI=1S/C14H13N3O2S3/c1-8-13(21-9(2)15-8)12-7-20-14(17-12)16-10-3-5-11(6-4-10)22(18)19/h3-7H,1-2H3,(H,16,17)(H,18,19)/p-1. The van der Waals surface area contributed by atoms with Crippen LogP contribution >= 0.6 is 22.7 Å². The third kappa shape index (κ3) is 3.25. The van der Waals surface area contributed by atoms with Crippen molar-refractivity contribution in [2.75, 3.05) is 5.32 Å². The van der Waals surface area contributed by atoms with Crippen molar-refractivity contribution in [3.63, 3.8) is 0 Å². The van der Waals surface area contributed by atoms with E-state index in [0.29, 0.717) is 0 Å². The molecule has 3 rings (SSSR count). The smallest absolute Gasteiger partial charge is 0.187 e. The maximum atomic E-state index is 10.8. The molecule has 0 spiro atoms. The maximum Gasteiger partial charge on any atom is 0.187 e. The van der Waals surface area contributed by atoms with Crippen LogP contribution in [0.25, 0.3) is 10.6 Å². The monoisotopic (exact) mass is 350 g/mol. The Balaban J connectivity index is 1.79. The second-order valence-electron chi connectivity index (χ2n) is 4.57. The average molecular weight is 350 g/mol. The second kappa shape index (κ2) is 6.25. The molecule has 1 aromatic carbocycles. The Labute approximate surface area is 138 Å². The summed E-state index contributed by atoms with van der Waals surface area (Å²) in [6.45, 7) is 3.96. The van der Waals surface area contributed by atoms with Crippen LogP contribution in [0, 0.1) is 13.8 Å². The molecule has 8 heteroatoms. The van der Waals surface area contributed by atoms with E-state index in [1.165, 1.54) is 11.3 Å². The molecule has 0 saturated heterocycles. The van der Waals surface area contributed by atoms with E-state index in [9.17, 15) is 8.76 Å². The van der Waals surface area contributed by atoms with Crippen molar-refractivity contribution in [2.24, 2.45) is 0 Å². The zero-order chi connectivity index (χ0) is 15.7. The minimum atomic E-state index is -2.20. The zero-order valence-corrected chi connectivity index (χ0v) is 14.3. The fraction of sp³-hybridized carbons (Fsp3) is 0.143. The maximum absolute atomic E-state index is 10.8. The van der Waals surface area contributed by atoms with Gasteiger partial charge >= 0.3 is 0 Å². The van der Waals surface area contributed by atoms with Gasteiger partial charge in [0.2, 0.25) is 0 Å². The molecule has 0 radical (unpaired) electrons. The fourth-order valence-corrected chi connectivity index (χ4v) is 4.01. The van der Waals surface area contributed by atoms with E-state index in [4.69, 9.17) is 0 Å². The van der Waals surface area contributed by atoms with E-state index < -0.39 is 11.1 Å². The number of rotatable bonds is 4. The van der Waals surface area contributed by atoms with Gasteiger partial charge in [-0.15, -0.1) is 22.7 Å². The van der Waals surface area contributed by atoms with Gasteiger partial charge in [0.25, 0.3) is 0 Å². The molecular weight excluding hydrogens is 338 g/mol. The van der Waals surface area contributed by atoms with E-state index in [-0.39, 0.29) is 4.90 Å². The molecule has 22 heavy (non-hydrogen) atoms. The summed E-state index contributed by atoms with van der Waals surface area (Å²) >= 11 is 0.930. The number of thiazole rings is 2. The third-order valence-corrected chi connectivity index (χ3v) is 5.45. The molecule has 0 saturated carbocycles. The first-order valence-corrected chi connectivity index (χ1v) is 9.16. The van der Waals surface area contributed by atoms with Crippen LogP contribution < -0.4 is 5.32 Å². The molecule has 3 aromatic rings. The molecular formula is C14H12N3O2S3-. The quantitative estimate of drug-likeness (QED) is 0.723. The lowest BCUT2D eigenvalue weighted by atomic mass is 10.3. The van der Waals surface area contributed by atoms with Gasteiger partial charge in [-0.25, -0.2) is 9.97 Å². The molecule has 0 aliphatic carbocycles. The van der Waals surface area contributed by atoms with Crippen molar-refractivity contribution in [3.8, 4) is 10.6 Å². The van der Waals surface area contributed by atoms with E-state index in [0.717, 1.165) is 32.1 Å². The number of benzene rings is 1. The van der Waals surface area contributed by atoms with Gasteiger partial charge in [0.15, 0.2) is 5.13 Å². The summed E-state index contributed by atoms with van der Waals surface area (Å²) in [7, 11) is 0. The predicted octanol–water partition coefficient (Wildman–Crippen LogP) is 3.87. The summed E-state index contributed by atoms with van der Waals surface area (Å²) in [5.41, 5.74) is 2.70. The summed E-state index contributed by atoms with van der Waals surface area (Å²) in [5.74, 6) is 0. The highest BCUT2D eigenvalue weighted by molar-refractivity contribution is 7.79. The number of aryl methyl sites for hydroxylation is 2. The van der Waals surface area contributed by atoms with Crippen molar-refractivity contribution < 1.29 is 8.76 Å². The van der Waals surface area contributed by atoms with Crippen LogP contribution in [0.4, 0.5) is 10.8 Å². The van der Waals surface area contributed by atoms with Gasteiger partial charge in [-0.05, 0) is 49.2 Å². The summed E-state index contributed by atoms with van der Waals surface area (Å²) in [5, 5.41) is 6.95. The lowest BCUT2D eigenvalue weighted by Gasteiger charge is -2.06. The lowest BCUT2D eigenvalue weighted by molar-refractivity contribution is 0.537.